The molecule has 0 unspecified atom stereocenters. The molecule has 3 saturated heterocycles. The largest absolute Gasteiger partial charge is 0.440 e. The summed E-state index contributed by atoms with van der Waals surface area (Å²) in [6, 6.07) is 19.2. The molecule has 3 aromatic rings. The topological polar surface area (TPSA) is 49.9 Å². The molecule has 0 saturated carbocycles. The van der Waals surface area contributed by atoms with Crippen LogP contribution >= 0.6 is 11.6 Å². The summed E-state index contributed by atoms with van der Waals surface area (Å²) in [5.74, 6) is -0.689. The number of halogens is 3. The van der Waals surface area contributed by atoms with Crippen LogP contribution in [0.2, 0.25) is 5.02 Å². The van der Waals surface area contributed by atoms with E-state index in [-0.39, 0.29) is 36.0 Å². The first-order valence-corrected chi connectivity index (χ1v) is 14.5. The number of carbonyl (C=O) groups excluding carboxylic acids is 2. The molecular weight excluding hydrogens is 548 g/mol. The Labute approximate surface area is 244 Å². The number of carbonyl (C=O) groups is 2. The Bertz CT molecular complexity index is 1380. The standard InChI is InChI=1S/C32H35ClF2N3O3/c1-23(39)36(28-7-4-6-26(33)20-28)16-5-17-38-18-14-25(15-19-38)31(22-38)41-32(40)37(30-9-3-2-8-29(30)35)21-24-10-12-27(34)13-11-24/h2-4,6-13,20,25,31H,5,14-19,21-22H2,1H3/q+1/t25?,31-,38?/m0/s1. The number of nitrogens with zero attached hydrogens (tertiary/aromatic N) is 3. The van der Waals surface area contributed by atoms with Gasteiger partial charge in [0.15, 0.2) is 6.10 Å². The zero-order chi connectivity index (χ0) is 29.0. The molecule has 3 fully saturated rings. The van der Waals surface area contributed by atoms with Crippen LogP contribution in [0.25, 0.3) is 0 Å². The first kappa shape index (κ1) is 29.0. The second-order valence-electron chi connectivity index (χ2n) is 11.1. The van der Waals surface area contributed by atoms with Crippen LogP contribution < -0.4 is 9.80 Å². The number of rotatable bonds is 9. The molecule has 0 aromatic heterocycles. The van der Waals surface area contributed by atoms with E-state index in [0.29, 0.717) is 23.7 Å². The fourth-order valence-electron chi connectivity index (χ4n) is 6.23. The van der Waals surface area contributed by atoms with Gasteiger partial charge in [0.25, 0.3) is 0 Å². The molecular formula is C32H35ClF2N3O3+. The summed E-state index contributed by atoms with van der Waals surface area (Å²) in [4.78, 5) is 29.0. The number of amides is 2. The smallest absolute Gasteiger partial charge is 0.415 e. The normalized spacial score (nSPS) is 21.4. The molecule has 6 rings (SSSR count). The van der Waals surface area contributed by atoms with Gasteiger partial charge in [0, 0.05) is 49.4 Å². The number of anilines is 2. The highest BCUT2D eigenvalue weighted by atomic mass is 35.5. The molecule has 216 valence electrons. The van der Waals surface area contributed by atoms with Gasteiger partial charge in [-0.3, -0.25) is 9.69 Å². The fraction of sp³-hybridized carbons (Fsp3) is 0.375. The second kappa shape index (κ2) is 12.6. The third-order valence-corrected chi connectivity index (χ3v) is 8.66. The molecule has 2 bridgehead atoms. The number of ether oxygens (including phenoxy) is 1. The van der Waals surface area contributed by atoms with E-state index in [4.69, 9.17) is 16.3 Å². The Hall–Kier alpha value is -3.49. The van der Waals surface area contributed by atoms with Gasteiger partial charge in [-0.05, 0) is 48.0 Å². The number of hydrogen-bond acceptors (Lipinski definition) is 3. The van der Waals surface area contributed by atoms with E-state index in [1.165, 1.54) is 23.1 Å². The lowest BCUT2D eigenvalue weighted by Crippen LogP contribution is -2.65. The van der Waals surface area contributed by atoms with Gasteiger partial charge in [-0.25, -0.2) is 13.6 Å². The van der Waals surface area contributed by atoms with Crippen molar-refractivity contribution >= 4 is 35.0 Å². The molecule has 0 spiro atoms. The number of quaternary nitrogens is 1. The molecule has 3 aliphatic rings. The van der Waals surface area contributed by atoms with Crippen molar-refractivity contribution in [1.82, 2.24) is 0 Å². The maximum absolute atomic E-state index is 14.8. The van der Waals surface area contributed by atoms with Gasteiger partial charge in [-0.1, -0.05) is 41.9 Å². The molecule has 0 N–H and O–H groups in total. The Morgan fingerprint density at radius 2 is 1.71 bits per heavy atom. The lowest BCUT2D eigenvalue weighted by atomic mass is 9.83. The predicted octanol–water partition coefficient (Wildman–Crippen LogP) is 6.81. The molecule has 3 aliphatic heterocycles. The third kappa shape index (κ3) is 6.88. The van der Waals surface area contributed by atoms with E-state index in [1.807, 2.05) is 12.1 Å². The first-order chi connectivity index (χ1) is 19.7. The van der Waals surface area contributed by atoms with Crippen LogP contribution in [0.4, 0.5) is 25.0 Å². The Kier molecular flexibility index (Phi) is 8.90. The van der Waals surface area contributed by atoms with E-state index >= 15 is 0 Å². The number of fused-ring (bicyclic) bond motifs is 3. The van der Waals surface area contributed by atoms with Crippen molar-refractivity contribution in [3.63, 3.8) is 0 Å². The SMILES string of the molecule is CC(=O)N(CCC[N+]12CCC(CC1)[C@@H](OC(=O)N(Cc1ccc(F)cc1)c1ccccc1F)C2)c1cccc(Cl)c1. The van der Waals surface area contributed by atoms with Gasteiger partial charge in [-0.2, -0.15) is 0 Å². The fourth-order valence-corrected chi connectivity index (χ4v) is 6.41. The van der Waals surface area contributed by atoms with Gasteiger partial charge < -0.3 is 14.1 Å². The second-order valence-corrected chi connectivity index (χ2v) is 11.6. The van der Waals surface area contributed by atoms with Crippen LogP contribution in [0.3, 0.4) is 0 Å². The molecule has 0 aliphatic carbocycles. The average molecular weight is 583 g/mol. The van der Waals surface area contributed by atoms with Crippen LogP contribution in [0.1, 0.15) is 31.7 Å². The summed E-state index contributed by atoms with van der Waals surface area (Å²) in [5, 5.41) is 0.585. The zero-order valence-electron chi connectivity index (χ0n) is 23.1. The molecule has 3 heterocycles. The summed E-state index contributed by atoms with van der Waals surface area (Å²) in [6.07, 6.45) is 1.79. The molecule has 9 heteroatoms. The predicted molar refractivity (Wildman–Crippen MR) is 156 cm³/mol. The summed E-state index contributed by atoms with van der Waals surface area (Å²) in [5.41, 5.74) is 1.57. The lowest BCUT2D eigenvalue weighted by molar-refractivity contribution is -0.946. The molecule has 0 radical (unpaired) electrons. The van der Waals surface area contributed by atoms with E-state index in [1.54, 1.807) is 54.3 Å². The van der Waals surface area contributed by atoms with Crippen LogP contribution in [0.15, 0.2) is 72.8 Å². The van der Waals surface area contributed by atoms with Crippen molar-refractivity contribution in [2.45, 2.75) is 38.8 Å². The molecule has 3 aromatic carbocycles. The van der Waals surface area contributed by atoms with E-state index in [0.717, 1.165) is 49.1 Å². The highest BCUT2D eigenvalue weighted by Gasteiger charge is 2.47. The third-order valence-electron chi connectivity index (χ3n) is 8.43. The van der Waals surface area contributed by atoms with E-state index in [2.05, 4.69) is 0 Å². The van der Waals surface area contributed by atoms with Crippen LogP contribution in [-0.4, -0.2) is 55.3 Å². The summed E-state index contributed by atoms with van der Waals surface area (Å²) in [7, 11) is 0. The van der Waals surface area contributed by atoms with Crippen LogP contribution in [-0.2, 0) is 16.1 Å². The number of piperidine rings is 3. The Morgan fingerprint density at radius 3 is 2.39 bits per heavy atom. The van der Waals surface area contributed by atoms with Gasteiger partial charge >= 0.3 is 6.09 Å². The summed E-state index contributed by atoms with van der Waals surface area (Å²) >= 11 is 6.16. The Morgan fingerprint density at radius 1 is 0.976 bits per heavy atom. The van der Waals surface area contributed by atoms with E-state index in [9.17, 15) is 18.4 Å². The molecule has 2 amide bonds. The molecule has 6 nitrogen and oxygen atoms in total. The van der Waals surface area contributed by atoms with Crippen molar-refractivity contribution in [3.05, 3.63) is 95.0 Å². The van der Waals surface area contributed by atoms with Crippen LogP contribution in [0.5, 0.6) is 0 Å². The minimum absolute atomic E-state index is 0.0363. The maximum atomic E-state index is 14.8. The lowest BCUT2D eigenvalue weighted by Gasteiger charge is -2.52. The van der Waals surface area contributed by atoms with Crippen molar-refractivity contribution in [1.29, 1.82) is 0 Å². The first-order valence-electron chi connectivity index (χ1n) is 14.1. The highest BCUT2D eigenvalue weighted by Crippen LogP contribution is 2.37. The minimum Gasteiger partial charge on any atom is -0.440 e. The van der Waals surface area contributed by atoms with Gasteiger partial charge in [0.1, 0.15) is 18.2 Å². The van der Waals surface area contributed by atoms with Crippen molar-refractivity contribution < 1.29 is 27.6 Å². The molecule has 1 atom stereocenters. The van der Waals surface area contributed by atoms with Gasteiger partial charge in [0.2, 0.25) is 5.91 Å². The molecule has 41 heavy (non-hydrogen) atoms. The zero-order valence-corrected chi connectivity index (χ0v) is 23.9. The summed E-state index contributed by atoms with van der Waals surface area (Å²) in [6.45, 7) is 5.74. The van der Waals surface area contributed by atoms with E-state index < -0.39 is 11.9 Å². The van der Waals surface area contributed by atoms with Crippen molar-refractivity contribution in [2.75, 3.05) is 42.5 Å². The Balaban J connectivity index is 1.26. The minimum atomic E-state index is -0.611. The van der Waals surface area contributed by atoms with Crippen molar-refractivity contribution in [3.8, 4) is 0 Å². The highest BCUT2D eigenvalue weighted by molar-refractivity contribution is 6.30. The summed E-state index contributed by atoms with van der Waals surface area (Å²) < 4.78 is 35.2. The van der Waals surface area contributed by atoms with Crippen LogP contribution in [0, 0.1) is 17.6 Å². The van der Waals surface area contributed by atoms with Gasteiger partial charge in [0.05, 0.1) is 31.9 Å². The monoisotopic (exact) mass is 582 g/mol. The number of para-hydroxylation sites is 1. The quantitative estimate of drug-likeness (QED) is 0.260. The number of benzene rings is 3. The average Bonchev–Trinajstić information content (AvgIpc) is 2.96. The van der Waals surface area contributed by atoms with Gasteiger partial charge in [-0.15, -0.1) is 0 Å². The maximum Gasteiger partial charge on any atom is 0.415 e. The van der Waals surface area contributed by atoms with Crippen molar-refractivity contribution in [2.24, 2.45) is 5.92 Å². The number of hydrogen-bond donors (Lipinski definition) is 0.